The number of fused-ring (bicyclic) bond motifs is 1. The third-order valence-electron chi connectivity index (χ3n) is 6.36. The van der Waals surface area contributed by atoms with Gasteiger partial charge in [-0.25, -0.2) is 4.98 Å². The number of aromatic nitrogens is 3. The number of nitrogens with two attached hydrogens (primary N) is 1. The van der Waals surface area contributed by atoms with Gasteiger partial charge in [0.2, 0.25) is 5.91 Å². The van der Waals surface area contributed by atoms with Gasteiger partial charge in [0, 0.05) is 45.8 Å². The molecule has 0 atom stereocenters. The van der Waals surface area contributed by atoms with E-state index in [9.17, 15) is 9.59 Å². The highest BCUT2D eigenvalue weighted by atomic mass is 35.5. The van der Waals surface area contributed by atoms with Gasteiger partial charge in [-0.3, -0.25) is 14.6 Å². The van der Waals surface area contributed by atoms with Crippen molar-refractivity contribution in [2.45, 2.75) is 20.1 Å². The fraction of sp³-hybridized carbons (Fsp3) is 0.0968. The van der Waals surface area contributed by atoms with Crippen LogP contribution < -0.4 is 15.8 Å². The number of ether oxygens (including phenoxy) is 1. The van der Waals surface area contributed by atoms with E-state index in [0.717, 1.165) is 22.3 Å². The molecule has 3 heterocycles. The minimum absolute atomic E-state index is 0.146. The summed E-state index contributed by atoms with van der Waals surface area (Å²) < 4.78 is 8.04. The lowest BCUT2D eigenvalue weighted by atomic mass is 10.1. The molecule has 5 rings (SSSR count). The predicted molar refractivity (Wildman–Crippen MR) is 160 cm³/mol. The van der Waals surface area contributed by atoms with E-state index < -0.39 is 5.91 Å². The van der Waals surface area contributed by atoms with Gasteiger partial charge in [0.05, 0.1) is 17.3 Å². The highest BCUT2D eigenvalue weighted by Crippen LogP contribution is 2.33. The summed E-state index contributed by atoms with van der Waals surface area (Å²) in [5.74, 6) is -0.272. The van der Waals surface area contributed by atoms with Crippen LogP contribution in [0.4, 0.5) is 0 Å². The van der Waals surface area contributed by atoms with Gasteiger partial charge in [0.25, 0.3) is 5.91 Å². The van der Waals surface area contributed by atoms with E-state index in [-0.39, 0.29) is 24.8 Å². The van der Waals surface area contributed by atoms with E-state index in [1.165, 1.54) is 18.3 Å². The number of amides is 2. The van der Waals surface area contributed by atoms with Crippen LogP contribution in [0, 0.1) is 6.92 Å². The fourth-order valence-corrected chi connectivity index (χ4v) is 4.81. The molecule has 0 spiro atoms. The molecule has 3 N–H and O–H groups in total. The molecule has 3 aromatic heterocycles. The van der Waals surface area contributed by atoms with Gasteiger partial charge < -0.3 is 20.4 Å². The zero-order valence-electron chi connectivity index (χ0n) is 22.0. The molecule has 2 aromatic carbocycles. The molecule has 41 heavy (non-hydrogen) atoms. The Hall–Kier alpha value is -4.66. The third-order valence-corrected chi connectivity index (χ3v) is 7.14. The van der Waals surface area contributed by atoms with Crippen LogP contribution in [0.1, 0.15) is 33.0 Å². The number of carbonyl (C=O) groups is 2. The first-order chi connectivity index (χ1) is 19.8. The summed E-state index contributed by atoms with van der Waals surface area (Å²) >= 11 is 13.4. The molecule has 206 valence electrons. The molecule has 0 saturated heterocycles. The Morgan fingerprint density at radius 2 is 1.90 bits per heavy atom. The lowest BCUT2D eigenvalue weighted by Gasteiger charge is -2.16. The molecule has 0 aliphatic heterocycles. The summed E-state index contributed by atoms with van der Waals surface area (Å²) in [7, 11) is 0. The Morgan fingerprint density at radius 3 is 2.68 bits per heavy atom. The van der Waals surface area contributed by atoms with Crippen molar-refractivity contribution in [3.05, 3.63) is 123 Å². The summed E-state index contributed by atoms with van der Waals surface area (Å²) in [6, 6.07) is 20.3. The smallest absolute Gasteiger partial charge is 0.267 e. The normalized spacial score (nSPS) is 11.2. The first-order valence-electron chi connectivity index (χ1n) is 12.6. The molecule has 0 aliphatic rings. The van der Waals surface area contributed by atoms with Crippen LogP contribution in [0.25, 0.3) is 22.7 Å². The van der Waals surface area contributed by atoms with Crippen LogP contribution >= 0.6 is 23.2 Å². The summed E-state index contributed by atoms with van der Waals surface area (Å²) in [5.41, 5.74) is 9.83. The molecule has 0 saturated carbocycles. The van der Waals surface area contributed by atoms with Crippen molar-refractivity contribution in [3.8, 4) is 11.4 Å². The van der Waals surface area contributed by atoms with Gasteiger partial charge >= 0.3 is 0 Å². The Morgan fingerprint density at radius 1 is 1.05 bits per heavy atom. The first-order valence-corrected chi connectivity index (χ1v) is 13.4. The second-order valence-electron chi connectivity index (χ2n) is 9.19. The van der Waals surface area contributed by atoms with Gasteiger partial charge in [0.15, 0.2) is 0 Å². The summed E-state index contributed by atoms with van der Waals surface area (Å²) in [5, 5.41) is 4.77. The quantitative estimate of drug-likeness (QED) is 0.205. The zero-order chi connectivity index (χ0) is 28.9. The van der Waals surface area contributed by atoms with Crippen molar-refractivity contribution < 1.29 is 14.3 Å². The van der Waals surface area contributed by atoms with Gasteiger partial charge in [-0.15, -0.1) is 0 Å². The Bertz CT molecular complexity index is 1780. The number of primary amides is 1. The highest BCUT2D eigenvalue weighted by molar-refractivity contribution is 6.37. The van der Waals surface area contributed by atoms with Gasteiger partial charge in [-0.1, -0.05) is 47.5 Å². The van der Waals surface area contributed by atoms with Crippen LogP contribution in [0.5, 0.6) is 5.75 Å². The van der Waals surface area contributed by atoms with Crippen LogP contribution in [-0.4, -0.2) is 26.3 Å². The van der Waals surface area contributed by atoms with Crippen molar-refractivity contribution in [1.29, 1.82) is 0 Å². The topological polar surface area (TPSA) is 112 Å². The summed E-state index contributed by atoms with van der Waals surface area (Å²) in [6.45, 7) is 2.33. The molecule has 0 unspecified atom stereocenters. The van der Waals surface area contributed by atoms with Crippen molar-refractivity contribution in [2.24, 2.45) is 5.73 Å². The van der Waals surface area contributed by atoms with Crippen LogP contribution in [0.15, 0.2) is 85.2 Å². The van der Waals surface area contributed by atoms with E-state index >= 15 is 0 Å². The number of rotatable bonds is 9. The number of halogens is 2. The SMILES string of the molecule is Cc1ccc2cccc(OCc3c(Cl)ccc(-n4cccc4CNC(=O)/C=C/c4ccc(C(N)=O)nc4)c3Cl)c2n1. The average Bonchev–Trinajstić information content (AvgIpc) is 3.43. The molecule has 0 fully saturated rings. The Labute approximate surface area is 246 Å². The molecule has 2 amide bonds. The monoisotopic (exact) mass is 585 g/mol. The number of hydrogen-bond donors (Lipinski definition) is 2. The number of aryl methyl sites for hydroxylation is 1. The second kappa shape index (κ2) is 12.2. The zero-order valence-corrected chi connectivity index (χ0v) is 23.5. The molecular weight excluding hydrogens is 561 g/mol. The van der Waals surface area contributed by atoms with E-state index in [1.54, 1.807) is 18.2 Å². The van der Waals surface area contributed by atoms with Gasteiger partial charge in [-0.05, 0) is 61.0 Å². The van der Waals surface area contributed by atoms with Crippen LogP contribution in [0.3, 0.4) is 0 Å². The van der Waals surface area contributed by atoms with E-state index in [2.05, 4.69) is 15.3 Å². The number of pyridine rings is 2. The number of hydrogen-bond acceptors (Lipinski definition) is 5. The second-order valence-corrected chi connectivity index (χ2v) is 9.98. The molecule has 8 nitrogen and oxygen atoms in total. The number of nitrogens with one attached hydrogen (secondary N) is 1. The van der Waals surface area contributed by atoms with Crippen molar-refractivity contribution in [1.82, 2.24) is 19.9 Å². The standard InChI is InChI=1S/C31H25Cl2N5O3/c1-19-7-10-21-4-2-6-27(30(21)37-19)41-18-23-24(32)11-13-26(29(23)33)38-15-3-5-22(38)17-36-28(39)14-9-20-8-12-25(31(34)40)35-16-20/h2-16H,17-18H2,1H3,(H2,34,40)(H,36,39)/b14-9+. The lowest BCUT2D eigenvalue weighted by Crippen LogP contribution is -2.21. The van der Waals surface area contributed by atoms with Gasteiger partial charge in [-0.2, -0.15) is 0 Å². The summed E-state index contributed by atoms with van der Waals surface area (Å²) in [6.07, 6.45) is 6.32. The predicted octanol–water partition coefficient (Wildman–Crippen LogP) is 6.04. The molecule has 0 aliphatic carbocycles. The van der Waals surface area contributed by atoms with E-state index in [0.29, 0.717) is 32.6 Å². The number of nitrogens with zero attached hydrogens (tertiary/aromatic N) is 3. The van der Waals surface area contributed by atoms with Crippen molar-refractivity contribution in [3.63, 3.8) is 0 Å². The Kier molecular flexibility index (Phi) is 8.33. The molecule has 0 bridgehead atoms. The minimum atomic E-state index is -0.612. The maximum atomic E-state index is 12.5. The molecular formula is C31H25Cl2N5O3. The van der Waals surface area contributed by atoms with Crippen molar-refractivity contribution in [2.75, 3.05) is 0 Å². The summed E-state index contributed by atoms with van der Waals surface area (Å²) in [4.78, 5) is 32.2. The highest BCUT2D eigenvalue weighted by Gasteiger charge is 2.16. The largest absolute Gasteiger partial charge is 0.487 e. The Balaban J connectivity index is 1.29. The van der Waals surface area contributed by atoms with Crippen molar-refractivity contribution >= 4 is 52.0 Å². The van der Waals surface area contributed by atoms with Crippen LogP contribution in [0.2, 0.25) is 10.0 Å². The number of carbonyl (C=O) groups excluding carboxylic acids is 2. The van der Waals surface area contributed by atoms with E-state index in [1.807, 2.05) is 66.2 Å². The molecule has 5 aromatic rings. The minimum Gasteiger partial charge on any atom is -0.487 e. The fourth-order valence-electron chi connectivity index (χ4n) is 4.24. The first kappa shape index (κ1) is 27.9. The average molecular weight is 586 g/mol. The number of para-hydroxylation sites is 1. The maximum absolute atomic E-state index is 12.5. The third kappa shape index (κ3) is 6.40. The number of benzene rings is 2. The lowest BCUT2D eigenvalue weighted by molar-refractivity contribution is -0.116. The van der Waals surface area contributed by atoms with Crippen LogP contribution in [-0.2, 0) is 17.9 Å². The molecule has 10 heteroatoms. The molecule has 0 radical (unpaired) electrons. The maximum Gasteiger partial charge on any atom is 0.267 e. The van der Waals surface area contributed by atoms with Gasteiger partial charge in [0.1, 0.15) is 23.6 Å². The van der Waals surface area contributed by atoms with E-state index in [4.69, 9.17) is 33.7 Å².